The molecule has 0 saturated carbocycles. The number of carbonyl (C=O) groups excluding carboxylic acids is 2. The molecule has 0 radical (unpaired) electrons. The molecule has 1 atom stereocenters. The van der Waals surface area contributed by atoms with Crippen LogP contribution in [0.4, 0.5) is 0 Å². The highest BCUT2D eigenvalue weighted by Gasteiger charge is 2.35. The highest BCUT2D eigenvalue weighted by molar-refractivity contribution is 5.86. The van der Waals surface area contributed by atoms with E-state index in [9.17, 15) is 14.7 Å². The van der Waals surface area contributed by atoms with E-state index in [2.05, 4.69) is 22.6 Å². The smallest absolute Gasteiger partial charge is 0.379 e. The van der Waals surface area contributed by atoms with E-state index in [-0.39, 0.29) is 6.61 Å². The van der Waals surface area contributed by atoms with Gasteiger partial charge in [-0.15, -0.1) is 0 Å². The van der Waals surface area contributed by atoms with Gasteiger partial charge in [-0.2, -0.15) is 0 Å². The largest absolute Gasteiger partial charge is 0.457 e. The summed E-state index contributed by atoms with van der Waals surface area (Å²) in [5.41, 5.74) is 0. The van der Waals surface area contributed by atoms with E-state index < -0.39 is 17.7 Å². The first-order valence-electron chi connectivity index (χ1n) is 3.80. The summed E-state index contributed by atoms with van der Waals surface area (Å²) in [6.45, 7) is 7.35. The summed E-state index contributed by atoms with van der Waals surface area (Å²) in [6, 6.07) is 0. The van der Waals surface area contributed by atoms with Gasteiger partial charge in [0.05, 0.1) is 0 Å². The van der Waals surface area contributed by atoms with Crippen molar-refractivity contribution in [3.05, 3.63) is 25.3 Å². The molecule has 0 bridgehead atoms. The van der Waals surface area contributed by atoms with Crippen molar-refractivity contribution in [3.8, 4) is 0 Å². The molecular formula is C9H12O5. The molecule has 14 heavy (non-hydrogen) atoms. The summed E-state index contributed by atoms with van der Waals surface area (Å²) < 4.78 is 8.82. The van der Waals surface area contributed by atoms with Gasteiger partial charge in [0.15, 0.2) is 0 Å². The molecule has 5 nitrogen and oxygen atoms in total. The second-order valence-electron chi connectivity index (χ2n) is 2.50. The Bertz CT molecular complexity index is 254. The Hall–Kier alpha value is -1.62. The highest BCUT2D eigenvalue weighted by Crippen LogP contribution is 2.08. The maximum atomic E-state index is 11.0. The summed E-state index contributed by atoms with van der Waals surface area (Å²) in [4.78, 5) is 21.7. The zero-order valence-corrected chi connectivity index (χ0v) is 7.86. The fourth-order valence-corrected chi connectivity index (χ4v) is 0.548. The number of ether oxygens (including phenoxy) is 2. The lowest BCUT2D eigenvalue weighted by Crippen LogP contribution is -2.41. The quantitative estimate of drug-likeness (QED) is 0.296. The monoisotopic (exact) mass is 200 g/mol. The molecule has 1 N–H and O–H groups in total. The predicted molar refractivity (Wildman–Crippen MR) is 48.1 cm³/mol. The van der Waals surface area contributed by atoms with Gasteiger partial charge in [-0.05, 0) is 0 Å². The molecule has 0 amide bonds. The number of esters is 2. The van der Waals surface area contributed by atoms with Gasteiger partial charge >= 0.3 is 17.7 Å². The van der Waals surface area contributed by atoms with Gasteiger partial charge in [0.1, 0.15) is 6.61 Å². The third kappa shape index (κ3) is 3.86. The van der Waals surface area contributed by atoms with Crippen molar-refractivity contribution < 1.29 is 24.2 Å². The van der Waals surface area contributed by atoms with Gasteiger partial charge in [-0.3, -0.25) is 0 Å². The van der Waals surface area contributed by atoms with Gasteiger partial charge in [0, 0.05) is 13.0 Å². The minimum Gasteiger partial charge on any atom is -0.457 e. The van der Waals surface area contributed by atoms with Crippen molar-refractivity contribution in [3.63, 3.8) is 0 Å². The highest BCUT2D eigenvalue weighted by atomic mass is 16.7. The Kier molecular flexibility index (Phi) is 4.58. The summed E-state index contributed by atoms with van der Waals surface area (Å²) >= 11 is 0. The second-order valence-corrected chi connectivity index (χ2v) is 2.50. The Morgan fingerprint density at radius 3 is 2.50 bits per heavy atom. The van der Waals surface area contributed by atoms with Gasteiger partial charge < -0.3 is 14.6 Å². The molecule has 0 saturated heterocycles. The molecule has 0 fully saturated rings. The van der Waals surface area contributed by atoms with E-state index in [1.54, 1.807) is 0 Å². The van der Waals surface area contributed by atoms with E-state index in [1.165, 1.54) is 6.08 Å². The van der Waals surface area contributed by atoms with Crippen molar-refractivity contribution >= 4 is 11.9 Å². The van der Waals surface area contributed by atoms with Crippen LogP contribution in [0.15, 0.2) is 25.3 Å². The van der Waals surface area contributed by atoms with E-state index in [0.29, 0.717) is 0 Å². The van der Waals surface area contributed by atoms with E-state index in [4.69, 9.17) is 0 Å². The first-order chi connectivity index (χ1) is 6.44. The van der Waals surface area contributed by atoms with E-state index in [1.807, 2.05) is 0 Å². The van der Waals surface area contributed by atoms with Gasteiger partial charge in [0.2, 0.25) is 0 Å². The normalized spacial score (nSPS) is 13.6. The van der Waals surface area contributed by atoms with Crippen LogP contribution in [0, 0.1) is 0 Å². The van der Waals surface area contributed by atoms with E-state index in [0.717, 1.165) is 13.0 Å². The molecule has 78 valence electrons. The predicted octanol–water partition coefficient (Wildman–Crippen LogP) is 0.153. The standard InChI is InChI=1S/C9H12O5/c1-4-6-13-8(11)9(3,12)14-7(10)5-2/h4-5,12H,1-2,6H2,3H3. The number of rotatable bonds is 5. The maximum absolute atomic E-state index is 11.0. The Balaban J connectivity index is 4.28. The minimum atomic E-state index is -2.30. The SMILES string of the molecule is C=CCOC(=O)C(C)(O)OC(=O)C=C. The van der Waals surface area contributed by atoms with Crippen LogP contribution in [0.1, 0.15) is 6.92 Å². The third-order valence-electron chi connectivity index (χ3n) is 1.18. The molecule has 0 aliphatic heterocycles. The Labute approximate surface area is 81.6 Å². The lowest BCUT2D eigenvalue weighted by atomic mass is 10.3. The fraction of sp³-hybridized carbons (Fsp3) is 0.333. The van der Waals surface area contributed by atoms with Crippen molar-refractivity contribution in [2.45, 2.75) is 12.7 Å². The van der Waals surface area contributed by atoms with Crippen LogP contribution in [0.2, 0.25) is 0 Å². The molecule has 0 aromatic heterocycles. The molecule has 0 spiro atoms. The zero-order chi connectivity index (χ0) is 11.2. The number of carbonyl (C=O) groups is 2. The van der Waals surface area contributed by atoms with Crippen molar-refractivity contribution in [1.82, 2.24) is 0 Å². The van der Waals surface area contributed by atoms with Crippen LogP contribution in [0.5, 0.6) is 0 Å². The average Bonchev–Trinajstić information content (AvgIpc) is 2.13. The lowest BCUT2D eigenvalue weighted by Gasteiger charge is -2.19. The van der Waals surface area contributed by atoms with Crippen LogP contribution in [-0.4, -0.2) is 29.4 Å². The third-order valence-corrected chi connectivity index (χ3v) is 1.18. The van der Waals surface area contributed by atoms with Gasteiger partial charge in [-0.25, -0.2) is 9.59 Å². The molecule has 0 aliphatic carbocycles. The summed E-state index contributed by atoms with van der Waals surface area (Å²) in [5.74, 6) is -4.27. The zero-order valence-electron chi connectivity index (χ0n) is 7.86. The number of aliphatic hydroxyl groups is 1. The molecule has 0 rings (SSSR count). The average molecular weight is 200 g/mol. The summed E-state index contributed by atoms with van der Waals surface area (Å²) in [6.07, 6.45) is 2.15. The molecule has 0 aromatic rings. The molecule has 5 heteroatoms. The minimum absolute atomic E-state index is 0.0688. The van der Waals surface area contributed by atoms with Crippen molar-refractivity contribution in [2.75, 3.05) is 6.61 Å². The molecule has 0 heterocycles. The first-order valence-corrected chi connectivity index (χ1v) is 3.80. The van der Waals surface area contributed by atoms with Crippen LogP contribution in [0.25, 0.3) is 0 Å². The van der Waals surface area contributed by atoms with Crippen LogP contribution in [0.3, 0.4) is 0 Å². The van der Waals surface area contributed by atoms with Crippen molar-refractivity contribution in [2.24, 2.45) is 0 Å². The summed E-state index contributed by atoms with van der Waals surface area (Å²) in [7, 11) is 0. The van der Waals surface area contributed by atoms with Crippen LogP contribution in [-0.2, 0) is 19.1 Å². The molecule has 1 unspecified atom stereocenters. The number of hydrogen-bond acceptors (Lipinski definition) is 5. The molecule has 0 aromatic carbocycles. The molecular weight excluding hydrogens is 188 g/mol. The fourth-order valence-electron chi connectivity index (χ4n) is 0.548. The Morgan fingerprint density at radius 2 is 2.07 bits per heavy atom. The van der Waals surface area contributed by atoms with Crippen molar-refractivity contribution in [1.29, 1.82) is 0 Å². The Morgan fingerprint density at radius 1 is 1.50 bits per heavy atom. The topological polar surface area (TPSA) is 72.8 Å². The lowest BCUT2D eigenvalue weighted by molar-refractivity contribution is -0.217. The maximum Gasteiger partial charge on any atom is 0.379 e. The van der Waals surface area contributed by atoms with Crippen LogP contribution < -0.4 is 0 Å². The van der Waals surface area contributed by atoms with Gasteiger partial charge in [-0.1, -0.05) is 19.2 Å². The summed E-state index contributed by atoms with van der Waals surface area (Å²) in [5, 5.41) is 9.31. The first kappa shape index (κ1) is 12.4. The van der Waals surface area contributed by atoms with Crippen LogP contribution >= 0.6 is 0 Å². The van der Waals surface area contributed by atoms with E-state index >= 15 is 0 Å². The van der Waals surface area contributed by atoms with Gasteiger partial charge in [0.25, 0.3) is 0 Å². The molecule has 0 aliphatic rings. The second kappa shape index (κ2) is 5.18. The number of hydrogen-bond donors (Lipinski definition) is 1.